The zero-order valence-corrected chi connectivity index (χ0v) is 17.2. The Balaban J connectivity index is 1.96. The van der Waals surface area contributed by atoms with Crippen molar-refractivity contribution in [2.24, 2.45) is 0 Å². The van der Waals surface area contributed by atoms with Crippen molar-refractivity contribution in [1.29, 1.82) is 0 Å². The molecule has 0 aliphatic heterocycles. The van der Waals surface area contributed by atoms with Crippen LogP contribution in [-0.2, 0) is 6.42 Å². The Labute approximate surface area is 176 Å². The van der Waals surface area contributed by atoms with Crippen LogP contribution in [0.15, 0.2) is 74.2 Å². The molecule has 0 unspecified atom stereocenters. The van der Waals surface area contributed by atoms with Gasteiger partial charge in [0.25, 0.3) is 11.1 Å². The van der Waals surface area contributed by atoms with Crippen molar-refractivity contribution in [3.63, 3.8) is 0 Å². The van der Waals surface area contributed by atoms with Crippen LogP contribution < -0.4 is 11.1 Å². The van der Waals surface area contributed by atoms with E-state index in [-0.39, 0.29) is 11.1 Å². The van der Waals surface area contributed by atoms with Crippen molar-refractivity contribution in [3.8, 4) is 11.1 Å². The Morgan fingerprint density at radius 1 is 1.03 bits per heavy atom. The van der Waals surface area contributed by atoms with Crippen LogP contribution in [0.25, 0.3) is 22.0 Å². The van der Waals surface area contributed by atoms with Crippen LogP contribution in [-0.4, -0.2) is 15.0 Å². The molecule has 2 heterocycles. The molecule has 0 saturated carbocycles. The molecule has 0 spiro atoms. The quantitative estimate of drug-likeness (QED) is 0.441. The zero-order valence-electron chi connectivity index (χ0n) is 15.7. The molecule has 0 saturated heterocycles. The van der Waals surface area contributed by atoms with Gasteiger partial charge in [-0.2, -0.15) is 0 Å². The second-order valence-corrected chi connectivity index (χ2v) is 8.04. The largest absolute Gasteiger partial charge is 0.321 e. The number of aryl methyl sites for hydroxylation is 1. The fourth-order valence-electron chi connectivity index (χ4n) is 3.25. The van der Waals surface area contributed by atoms with Gasteiger partial charge in [0.15, 0.2) is 5.16 Å². The Morgan fingerprint density at radius 3 is 2.59 bits per heavy atom. The molecule has 0 fully saturated rings. The summed E-state index contributed by atoms with van der Waals surface area (Å²) in [5.41, 5.74) is 2.59. The number of aromatic nitrogens is 3. The lowest BCUT2D eigenvalue weighted by molar-refractivity contribution is 0.815. The SMILES string of the molecule is CCCc1cc(=O)[nH]c(Sc2c(-c3ccccc3)c3cc(Cl)ccc3[nH]c2=O)n1. The highest BCUT2D eigenvalue weighted by Gasteiger charge is 2.17. The summed E-state index contributed by atoms with van der Waals surface area (Å²) in [4.78, 5) is 35.7. The molecule has 0 aliphatic carbocycles. The minimum absolute atomic E-state index is 0.229. The number of H-pyrrole nitrogens is 2. The summed E-state index contributed by atoms with van der Waals surface area (Å²) in [6.45, 7) is 2.03. The molecule has 146 valence electrons. The lowest BCUT2D eigenvalue weighted by atomic mass is 10.0. The highest BCUT2D eigenvalue weighted by atomic mass is 35.5. The normalized spacial score (nSPS) is 11.1. The molecule has 29 heavy (non-hydrogen) atoms. The van der Waals surface area contributed by atoms with Gasteiger partial charge in [-0.3, -0.25) is 9.59 Å². The fraction of sp³-hybridized carbons (Fsp3) is 0.136. The van der Waals surface area contributed by atoms with Crippen molar-refractivity contribution in [3.05, 3.63) is 86.0 Å². The monoisotopic (exact) mass is 423 g/mol. The first-order chi connectivity index (χ1) is 14.0. The van der Waals surface area contributed by atoms with Crippen molar-refractivity contribution in [2.45, 2.75) is 29.8 Å². The number of benzene rings is 2. The van der Waals surface area contributed by atoms with E-state index in [1.54, 1.807) is 12.1 Å². The maximum absolute atomic E-state index is 13.0. The van der Waals surface area contributed by atoms with Gasteiger partial charge in [0, 0.05) is 33.2 Å². The van der Waals surface area contributed by atoms with E-state index < -0.39 is 0 Å². The lowest BCUT2D eigenvalue weighted by Gasteiger charge is -2.13. The van der Waals surface area contributed by atoms with E-state index in [1.807, 2.05) is 43.3 Å². The third kappa shape index (κ3) is 4.13. The van der Waals surface area contributed by atoms with E-state index in [4.69, 9.17) is 11.6 Å². The summed E-state index contributed by atoms with van der Waals surface area (Å²) in [5, 5.41) is 1.80. The van der Waals surface area contributed by atoms with Gasteiger partial charge >= 0.3 is 0 Å². The van der Waals surface area contributed by atoms with E-state index in [1.165, 1.54) is 6.07 Å². The molecule has 4 aromatic rings. The number of rotatable bonds is 5. The van der Waals surface area contributed by atoms with Crippen molar-refractivity contribution in [1.82, 2.24) is 15.0 Å². The summed E-state index contributed by atoms with van der Waals surface area (Å²) in [6, 6.07) is 16.5. The highest BCUT2D eigenvalue weighted by molar-refractivity contribution is 7.99. The standard InChI is InChI=1S/C22H18ClN3O2S/c1-2-6-15-12-18(27)26-22(24-15)29-20-19(13-7-4-3-5-8-13)16-11-14(23)9-10-17(16)25-21(20)28/h3-5,7-12H,2,6H2,1H3,(H,25,28)(H,24,26,27). The summed E-state index contributed by atoms with van der Waals surface area (Å²) in [7, 11) is 0. The molecular weight excluding hydrogens is 406 g/mol. The van der Waals surface area contributed by atoms with Gasteiger partial charge in [-0.05, 0) is 41.9 Å². The first-order valence-corrected chi connectivity index (χ1v) is 10.4. The molecule has 5 nitrogen and oxygen atoms in total. The molecule has 0 atom stereocenters. The zero-order chi connectivity index (χ0) is 20.4. The van der Waals surface area contributed by atoms with E-state index >= 15 is 0 Å². The summed E-state index contributed by atoms with van der Waals surface area (Å²) in [6.07, 6.45) is 1.58. The molecule has 2 N–H and O–H groups in total. The molecule has 7 heteroatoms. The maximum Gasteiger partial charge on any atom is 0.263 e. The maximum atomic E-state index is 13.0. The molecule has 0 bridgehead atoms. The molecule has 0 radical (unpaired) electrons. The average molecular weight is 424 g/mol. The van der Waals surface area contributed by atoms with Crippen LogP contribution in [0.3, 0.4) is 0 Å². The first kappa shape index (κ1) is 19.5. The number of halogens is 1. The predicted molar refractivity (Wildman–Crippen MR) is 118 cm³/mol. The number of fused-ring (bicyclic) bond motifs is 1. The second-order valence-electron chi connectivity index (χ2n) is 6.61. The number of nitrogens with one attached hydrogen (secondary N) is 2. The minimum atomic E-state index is -0.243. The first-order valence-electron chi connectivity index (χ1n) is 9.24. The summed E-state index contributed by atoms with van der Waals surface area (Å²) >= 11 is 7.41. The van der Waals surface area contributed by atoms with Gasteiger partial charge in [0.1, 0.15) is 0 Å². The number of hydrogen-bond acceptors (Lipinski definition) is 4. The van der Waals surface area contributed by atoms with Crippen molar-refractivity contribution < 1.29 is 0 Å². The second kappa shape index (κ2) is 8.27. The number of nitrogens with zero attached hydrogens (tertiary/aromatic N) is 1. The molecule has 0 aliphatic rings. The van der Waals surface area contributed by atoms with Crippen molar-refractivity contribution in [2.75, 3.05) is 0 Å². The van der Waals surface area contributed by atoms with Gasteiger partial charge in [0.05, 0.1) is 4.90 Å². The third-order valence-electron chi connectivity index (χ3n) is 4.47. The van der Waals surface area contributed by atoms with Gasteiger partial charge in [-0.15, -0.1) is 0 Å². The van der Waals surface area contributed by atoms with Crippen LogP contribution in [0.4, 0.5) is 0 Å². The van der Waals surface area contributed by atoms with Gasteiger partial charge in [0.2, 0.25) is 0 Å². The molecule has 2 aromatic carbocycles. The topological polar surface area (TPSA) is 78.6 Å². The van der Waals surface area contributed by atoms with E-state index in [0.29, 0.717) is 32.7 Å². The molecular formula is C22H18ClN3O2S. The Hall–Kier alpha value is -2.83. The lowest BCUT2D eigenvalue weighted by Crippen LogP contribution is -2.13. The number of pyridine rings is 1. The average Bonchev–Trinajstić information content (AvgIpc) is 2.69. The van der Waals surface area contributed by atoms with Crippen molar-refractivity contribution >= 4 is 34.3 Å². The third-order valence-corrected chi connectivity index (χ3v) is 5.69. The van der Waals surface area contributed by atoms with Gasteiger partial charge in [-0.1, -0.05) is 55.3 Å². The molecule has 2 aromatic heterocycles. The summed E-state index contributed by atoms with van der Waals surface area (Å²) in [5.74, 6) is 0. The fourth-order valence-corrected chi connectivity index (χ4v) is 4.40. The van der Waals surface area contributed by atoms with Crippen LogP contribution in [0, 0.1) is 0 Å². The van der Waals surface area contributed by atoms with Gasteiger partial charge < -0.3 is 9.97 Å². The molecule has 0 amide bonds. The van der Waals surface area contributed by atoms with E-state index in [0.717, 1.165) is 34.7 Å². The smallest absolute Gasteiger partial charge is 0.263 e. The van der Waals surface area contributed by atoms with Crippen LogP contribution in [0.2, 0.25) is 5.02 Å². The number of aromatic amines is 2. The molecule has 4 rings (SSSR count). The minimum Gasteiger partial charge on any atom is -0.321 e. The van der Waals surface area contributed by atoms with Crippen LogP contribution in [0.1, 0.15) is 19.0 Å². The summed E-state index contributed by atoms with van der Waals surface area (Å²) < 4.78 is 0. The Kier molecular flexibility index (Phi) is 5.56. The highest BCUT2D eigenvalue weighted by Crippen LogP contribution is 2.37. The Morgan fingerprint density at radius 2 is 1.83 bits per heavy atom. The Bertz CT molecular complexity index is 1300. The van der Waals surface area contributed by atoms with Gasteiger partial charge in [-0.25, -0.2) is 4.98 Å². The number of hydrogen-bond donors (Lipinski definition) is 2. The van der Waals surface area contributed by atoms with E-state index in [2.05, 4.69) is 15.0 Å². The predicted octanol–water partition coefficient (Wildman–Crippen LogP) is 5.04. The van der Waals surface area contributed by atoms with Crippen LogP contribution in [0.5, 0.6) is 0 Å². The van der Waals surface area contributed by atoms with Crippen LogP contribution >= 0.6 is 23.4 Å². The van der Waals surface area contributed by atoms with E-state index in [9.17, 15) is 9.59 Å².